The van der Waals surface area contributed by atoms with Gasteiger partial charge in [-0.25, -0.2) is 14.6 Å². The second-order valence-corrected chi connectivity index (χ2v) is 8.84. The lowest BCUT2D eigenvalue weighted by Gasteiger charge is -2.23. The number of hydrogen-bond acceptors (Lipinski definition) is 5. The second-order valence-electron chi connectivity index (χ2n) is 8.84. The van der Waals surface area contributed by atoms with Gasteiger partial charge in [-0.05, 0) is 40.5 Å². The standard InChI is InChI=1S/C27H31FN6O4/c1-2-21(29)25(36)33-34-27(38)32-23(15-17-10-11-18-7-3-4-8-19(18)12-17)26(37)31-22(24(30)35)14-16-6-5-9-20(28)13-16/h3-13,21-23H,2,14-15,29H2,1H3,(H2,30,35)(H,31,37)(H,33,36)(H2,32,34,38)/t21-,22+,23+/m1/s1. The Kier molecular flexibility index (Phi) is 9.72. The number of hydrogen-bond donors (Lipinski definition) is 6. The molecule has 0 bridgehead atoms. The van der Waals surface area contributed by atoms with Gasteiger partial charge in [-0.3, -0.25) is 19.8 Å². The van der Waals surface area contributed by atoms with Crippen molar-refractivity contribution in [1.82, 2.24) is 21.5 Å². The van der Waals surface area contributed by atoms with Gasteiger partial charge in [0.15, 0.2) is 0 Å². The summed E-state index contributed by atoms with van der Waals surface area (Å²) in [6, 6.07) is 14.9. The number of nitrogens with one attached hydrogen (secondary N) is 4. The lowest BCUT2D eigenvalue weighted by Crippen LogP contribution is -2.58. The van der Waals surface area contributed by atoms with Crippen molar-refractivity contribution >= 4 is 34.5 Å². The van der Waals surface area contributed by atoms with Crippen LogP contribution in [0.15, 0.2) is 66.7 Å². The minimum absolute atomic E-state index is 0.0430. The first kappa shape index (κ1) is 28.1. The second kappa shape index (κ2) is 13.2. The molecule has 3 rings (SSSR count). The number of carbonyl (C=O) groups is 4. The van der Waals surface area contributed by atoms with Crippen LogP contribution in [0.5, 0.6) is 0 Å². The van der Waals surface area contributed by atoms with Gasteiger partial charge >= 0.3 is 6.03 Å². The molecular formula is C27H31FN6O4. The number of amides is 5. The Labute approximate surface area is 219 Å². The van der Waals surface area contributed by atoms with E-state index in [-0.39, 0.29) is 12.8 Å². The van der Waals surface area contributed by atoms with Crippen LogP contribution in [0.25, 0.3) is 10.8 Å². The summed E-state index contributed by atoms with van der Waals surface area (Å²) in [6.45, 7) is 1.72. The van der Waals surface area contributed by atoms with Gasteiger partial charge in [-0.15, -0.1) is 0 Å². The topological polar surface area (TPSA) is 168 Å². The van der Waals surface area contributed by atoms with E-state index in [1.54, 1.807) is 13.0 Å². The molecule has 0 aliphatic rings. The van der Waals surface area contributed by atoms with Gasteiger partial charge < -0.3 is 22.1 Å². The first-order valence-electron chi connectivity index (χ1n) is 12.1. The summed E-state index contributed by atoms with van der Waals surface area (Å²) in [4.78, 5) is 49.8. The first-order valence-corrected chi connectivity index (χ1v) is 12.1. The van der Waals surface area contributed by atoms with E-state index in [1.165, 1.54) is 18.2 Å². The average molecular weight is 523 g/mol. The highest BCUT2D eigenvalue weighted by Gasteiger charge is 2.27. The van der Waals surface area contributed by atoms with Crippen LogP contribution in [0.2, 0.25) is 0 Å². The largest absolute Gasteiger partial charge is 0.368 e. The highest BCUT2D eigenvalue weighted by Crippen LogP contribution is 2.17. The van der Waals surface area contributed by atoms with Gasteiger partial charge in [0.1, 0.15) is 17.9 Å². The molecule has 38 heavy (non-hydrogen) atoms. The fraction of sp³-hybridized carbons (Fsp3) is 0.259. The number of primary amides is 1. The van der Waals surface area contributed by atoms with Gasteiger partial charge in [0.05, 0.1) is 6.04 Å². The summed E-state index contributed by atoms with van der Waals surface area (Å²) < 4.78 is 13.6. The minimum Gasteiger partial charge on any atom is -0.368 e. The van der Waals surface area contributed by atoms with E-state index in [9.17, 15) is 23.6 Å². The molecule has 8 N–H and O–H groups in total. The maximum atomic E-state index is 13.6. The van der Waals surface area contributed by atoms with Crippen LogP contribution < -0.4 is 33.0 Å². The molecule has 0 radical (unpaired) electrons. The van der Waals surface area contributed by atoms with Crippen LogP contribution >= 0.6 is 0 Å². The normalized spacial score (nSPS) is 13.1. The molecule has 3 atom stereocenters. The van der Waals surface area contributed by atoms with Gasteiger partial charge in [0.25, 0.3) is 5.91 Å². The van der Waals surface area contributed by atoms with Gasteiger partial charge in [-0.2, -0.15) is 0 Å². The summed E-state index contributed by atoms with van der Waals surface area (Å²) >= 11 is 0. The third-order valence-corrected chi connectivity index (χ3v) is 5.94. The molecule has 5 amide bonds. The molecule has 11 heteroatoms. The molecule has 0 heterocycles. The van der Waals surface area contributed by atoms with Crippen LogP contribution in [0, 0.1) is 5.82 Å². The Morgan fingerprint density at radius 1 is 0.789 bits per heavy atom. The Hall–Kier alpha value is -4.51. The van der Waals surface area contributed by atoms with E-state index in [0.29, 0.717) is 12.0 Å². The van der Waals surface area contributed by atoms with Gasteiger partial charge in [0, 0.05) is 12.8 Å². The van der Waals surface area contributed by atoms with Crippen LogP contribution in [0.3, 0.4) is 0 Å². The van der Waals surface area contributed by atoms with Gasteiger partial charge in [-0.1, -0.05) is 61.5 Å². The summed E-state index contributed by atoms with van der Waals surface area (Å²) in [5.41, 5.74) is 16.7. The molecule has 0 aliphatic heterocycles. The predicted octanol–water partition coefficient (Wildman–Crippen LogP) is 1.17. The SMILES string of the molecule is CC[C@@H](N)C(=O)NNC(=O)N[C@@H](Cc1ccc2ccccc2c1)C(=O)N[C@@H](Cc1cccc(F)c1)C(N)=O. The van der Waals surface area contributed by atoms with Crippen molar-refractivity contribution in [3.8, 4) is 0 Å². The van der Waals surface area contributed by atoms with E-state index >= 15 is 0 Å². The van der Waals surface area contributed by atoms with Crippen LogP contribution in [-0.4, -0.2) is 41.9 Å². The highest BCUT2D eigenvalue weighted by molar-refractivity contribution is 5.92. The van der Waals surface area contributed by atoms with Gasteiger partial charge in [0.2, 0.25) is 11.8 Å². The summed E-state index contributed by atoms with van der Waals surface area (Å²) in [5, 5.41) is 7.01. The molecule has 0 fully saturated rings. The van der Waals surface area contributed by atoms with Crippen molar-refractivity contribution in [2.75, 3.05) is 0 Å². The minimum atomic E-state index is -1.16. The number of rotatable bonds is 10. The monoisotopic (exact) mass is 522 g/mol. The number of urea groups is 1. The zero-order chi connectivity index (χ0) is 27.7. The number of halogens is 1. The summed E-state index contributed by atoms with van der Waals surface area (Å²) in [7, 11) is 0. The van der Waals surface area contributed by atoms with Crippen LogP contribution in [0.4, 0.5) is 9.18 Å². The maximum absolute atomic E-state index is 13.6. The number of hydrazine groups is 1. The first-order chi connectivity index (χ1) is 18.2. The lowest BCUT2D eigenvalue weighted by atomic mass is 10.00. The number of benzene rings is 3. The fourth-order valence-corrected chi connectivity index (χ4v) is 3.80. The zero-order valence-electron chi connectivity index (χ0n) is 20.9. The van der Waals surface area contributed by atoms with E-state index in [4.69, 9.17) is 11.5 Å². The summed E-state index contributed by atoms with van der Waals surface area (Å²) in [5.74, 6) is -2.60. The molecule has 0 saturated carbocycles. The van der Waals surface area contributed by atoms with Crippen molar-refractivity contribution in [2.45, 2.75) is 44.3 Å². The maximum Gasteiger partial charge on any atom is 0.334 e. The van der Waals surface area contributed by atoms with Crippen molar-refractivity contribution in [1.29, 1.82) is 0 Å². The zero-order valence-corrected chi connectivity index (χ0v) is 20.9. The molecule has 0 saturated heterocycles. The van der Waals surface area contributed by atoms with Crippen molar-refractivity contribution < 1.29 is 23.6 Å². The molecule has 10 nitrogen and oxygen atoms in total. The van der Waals surface area contributed by atoms with Crippen molar-refractivity contribution in [3.63, 3.8) is 0 Å². The van der Waals surface area contributed by atoms with Crippen LogP contribution in [-0.2, 0) is 27.2 Å². The molecule has 3 aromatic carbocycles. The van der Waals surface area contributed by atoms with E-state index in [0.717, 1.165) is 16.3 Å². The van der Waals surface area contributed by atoms with Crippen molar-refractivity contribution in [3.05, 3.63) is 83.7 Å². The Morgan fingerprint density at radius 3 is 2.16 bits per heavy atom. The fourth-order valence-electron chi connectivity index (χ4n) is 3.80. The third kappa shape index (κ3) is 8.00. The third-order valence-electron chi connectivity index (χ3n) is 5.94. The number of carbonyl (C=O) groups excluding carboxylic acids is 4. The Balaban J connectivity index is 1.77. The smallest absolute Gasteiger partial charge is 0.334 e. The molecule has 0 spiro atoms. The van der Waals surface area contributed by atoms with E-state index in [1.807, 2.05) is 42.5 Å². The molecule has 200 valence electrons. The molecule has 3 aromatic rings. The quantitative estimate of drug-likeness (QED) is 0.219. The summed E-state index contributed by atoms with van der Waals surface area (Å²) in [6.07, 6.45) is 0.387. The molecule has 0 aromatic heterocycles. The predicted molar refractivity (Wildman–Crippen MR) is 141 cm³/mol. The van der Waals surface area contributed by atoms with E-state index in [2.05, 4.69) is 21.5 Å². The molecule has 0 unspecified atom stereocenters. The lowest BCUT2D eigenvalue weighted by molar-refractivity contribution is -0.128. The molecule has 0 aliphatic carbocycles. The van der Waals surface area contributed by atoms with Crippen LogP contribution in [0.1, 0.15) is 24.5 Å². The number of fused-ring (bicyclic) bond motifs is 1. The highest BCUT2D eigenvalue weighted by atomic mass is 19.1. The molecular weight excluding hydrogens is 491 g/mol. The Morgan fingerprint density at radius 2 is 1.47 bits per heavy atom. The Bertz CT molecular complexity index is 1320. The van der Waals surface area contributed by atoms with Crippen molar-refractivity contribution in [2.24, 2.45) is 11.5 Å². The average Bonchev–Trinajstić information content (AvgIpc) is 2.90. The van der Waals surface area contributed by atoms with E-state index < -0.39 is 47.7 Å². The number of nitrogens with two attached hydrogens (primary N) is 2.